The molecule has 0 aliphatic carbocycles. The van der Waals surface area contributed by atoms with E-state index in [2.05, 4.69) is 54.6 Å². The van der Waals surface area contributed by atoms with E-state index < -0.39 is 4.32 Å². The van der Waals surface area contributed by atoms with Gasteiger partial charge in [0.2, 0.25) is 5.91 Å². The second kappa shape index (κ2) is 9.98. The fourth-order valence-corrected chi connectivity index (χ4v) is 4.09. The van der Waals surface area contributed by atoms with E-state index in [0.717, 1.165) is 26.2 Å². The molecule has 0 aromatic heterocycles. The molecule has 0 bridgehead atoms. The molecular weight excluding hydrogens is 540 g/mol. The number of carbonyl (C=O) groups is 1. The van der Waals surface area contributed by atoms with Gasteiger partial charge in [-0.1, -0.05) is 65.7 Å². The summed E-state index contributed by atoms with van der Waals surface area (Å²) in [5, 5.41) is 6.14. The van der Waals surface area contributed by atoms with Gasteiger partial charge in [0.15, 0.2) is 0 Å². The van der Waals surface area contributed by atoms with Crippen LogP contribution >= 0.6 is 65.7 Å². The Kier molecular flexibility index (Phi) is 8.46. The number of benzene rings is 2. The number of carbonyl (C=O) groups excluding carboxylic acids is 1. The smallest absolute Gasteiger partial charge is 0.240 e. The molecule has 150 valence electrons. The van der Waals surface area contributed by atoms with E-state index in [1.54, 1.807) is 21.6 Å². The summed E-state index contributed by atoms with van der Waals surface area (Å²) in [6.45, 7) is 7.66. The van der Waals surface area contributed by atoms with Crippen molar-refractivity contribution in [3.05, 3.63) is 48.5 Å². The van der Waals surface area contributed by atoms with Crippen LogP contribution in [0.5, 0.6) is 0 Å². The normalized spacial score (nSPS) is 11.8. The SMILES string of the molecule is CC(C)(Br)C(=O)Nc1ccc(SSc2ccc(NC(=S)C(C)(C)Br)cc2)cc1. The van der Waals surface area contributed by atoms with Crippen molar-refractivity contribution in [3.8, 4) is 0 Å². The molecule has 0 unspecified atom stereocenters. The molecule has 0 atom stereocenters. The lowest BCUT2D eigenvalue weighted by Crippen LogP contribution is -2.30. The van der Waals surface area contributed by atoms with Crippen molar-refractivity contribution in [2.45, 2.75) is 46.1 Å². The Labute approximate surface area is 196 Å². The highest BCUT2D eigenvalue weighted by Gasteiger charge is 2.23. The molecule has 0 fully saturated rings. The van der Waals surface area contributed by atoms with Crippen LogP contribution in [0.15, 0.2) is 58.3 Å². The van der Waals surface area contributed by atoms with Crippen molar-refractivity contribution >= 4 is 87.9 Å². The highest BCUT2D eigenvalue weighted by molar-refractivity contribution is 9.10. The number of hydrogen-bond acceptors (Lipinski definition) is 4. The molecule has 1 amide bonds. The minimum absolute atomic E-state index is 0.0706. The van der Waals surface area contributed by atoms with Crippen LogP contribution in [0.25, 0.3) is 0 Å². The van der Waals surface area contributed by atoms with Gasteiger partial charge >= 0.3 is 0 Å². The molecule has 2 N–H and O–H groups in total. The Morgan fingerprint density at radius 2 is 1.18 bits per heavy atom. The predicted octanol–water partition coefficient (Wildman–Crippen LogP) is 7.51. The molecule has 0 heterocycles. The van der Waals surface area contributed by atoms with Crippen molar-refractivity contribution < 1.29 is 4.79 Å². The molecule has 2 aromatic rings. The Morgan fingerprint density at radius 3 is 1.54 bits per heavy atom. The summed E-state index contributed by atoms with van der Waals surface area (Å²) in [6.07, 6.45) is 0. The number of anilines is 2. The monoisotopic (exact) mass is 560 g/mol. The fourth-order valence-electron chi connectivity index (χ4n) is 1.84. The van der Waals surface area contributed by atoms with Crippen LogP contribution in [0.2, 0.25) is 0 Å². The topological polar surface area (TPSA) is 41.1 Å². The number of hydrogen-bond donors (Lipinski definition) is 2. The Balaban J connectivity index is 1.88. The molecule has 0 radical (unpaired) electrons. The second-order valence-electron chi connectivity index (χ2n) is 7.07. The molecule has 2 aromatic carbocycles. The van der Waals surface area contributed by atoms with Crippen LogP contribution in [-0.2, 0) is 4.79 Å². The lowest BCUT2D eigenvalue weighted by molar-refractivity contribution is -0.117. The Morgan fingerprint density at radius 1 is 0.786 bits per heavy atom. The van der Waals surface area contributed by atoms with Gasteiger partial charge in [-0.3, -0.25) is 4.79 Å². The molecule has 0 aliphatic heterocycles. The van der Waals surface area contributed by atoms with Gasteiger partial charge in [-0.25, -0.2) is 0 Å². The van der Waals surface area contributed by atoms with Crippen LogP contribution < -0.4 is 10.6 Å². The molecule has 8 heteroatoms. The largest absolute Gasteiger partial charge is 0.349 e. The van der Waals surface area contributed by atoms with Gasteiger partial charge < -0.3 is 10.6 Å². The molecule has 0 saturated heterocycles. The van der Waals surface area contributed by atoms with E-state index >= 15 is 0 Å². The zero-order chi connectivity index (χ0) is 20.9. The Hall–Kier alpha value is -0.540. The zero-order valence-corrected chi connectivity index (χ0v) is 21.6. The van der Waals surface area contributed by atoms with E-state index in [9.17, 15) is 4.79 Å². The Bertz CT molecular complexity index is 755. The summed E-state index contributed by atoms with van der Waals surface area (Å²) in [7, 11) is 3.35. The van der Waals surface area contributed by atoms with Crippen LogP contribution in [0.4, 0.5) is 11.4 Å². The number of alkyl halides is 2. The lowest BCUT2D eigenvalue weighted by atomic mass is 10.2. The summed E-state index contributed by atoms with van der Waals surface area (Å²) in [5.41, 5.74) is 1.76. The summed E-state index contributed by atoms with van der Waals surface area (Å²) in [6, 6.07) is 16.0. The third-order valence-corrected chi connectivity index (χ3v) is 7.59. The van der Waals surface area contributed by atoms with Gasteiger partial charge in [0.25, 0.3) is 0 Å². The van der Waals surface area contributed by atoms with Gasteiger partial charge in [0.1, 0.15) is 0 Å². The standard InChI is InChI=1S/C20H22Br2N2OS3/c1-19(2,21)17(25)23-13-5-9-15(10-6-13)27-28-16-11-7-14(8-12-16)24-18(26)20(3,4)22/h5-12H,1-4H3,(H,23,25)(H,24,26). The maximum absolute atomic E-state index is 12.0. The summed E-state index contributed by atoms with van der Waals surface area (Å²) in [4.78, 5) is 15.0. The van der Waals surface area contributed by atoms with Gasteiger partial charge in [-0.2, -0.15) is 0 Å². The quantitative estimate of drug-likeness (QED) is 0.208. The van der Waals surface area contributed by atoms with E-state index in [0.29, 0.717) is 0 Å². The molecule has 3 nitrogen and oxygen atoms in total. The number of halogens is 2. The van der Waals surface area contributed by atoms with Gasteiger partial charge in [-0.05, 0) is 76.2 Å². The van der Waals surface area contributed by atoms with E-state index in [1.165, 1.54) is 0 Å². The maximum atomic E-state index is 12.0. The number of nitrogens with one attached hydrogen (secondary N) is 2. The van der Waals surface area contributed by atoms with Crippen molar-refractivity contribution in [2.24, 2.45) is 0 Å². The first-order valence-corrected chi connectivity index (χ1v) is 12.6. The second-order valence-corrected chi connectivity index (χ2v) is 13.7. The van der Waals surface area contributed by atoms with Crippen LogP contribution in [0, 0.1) is 0 Å². The number of amides is 1. The zero-order valence-electron chi connectivity index (χ0n) is 16.0. The fraction of sp³-hybridized carbons (Fsp3) is 0.300. The number of thiocarbonyl (C=S) groups is 1. The highest BCUT2D eigenvalue weighted by Crippen LogP contribution is 2.38. The lowest BCUT2D eigenvalue weighted by Gasteiger charge is -2.19. The van der Waals surface area contributed by atoms with Crippen molar-refractivity contribution in [2.75, 3.05) is 10.6 Å². The third-order valence-electron chi connectivity index (χ3n) is 3.54. The molecule has 0 aliphatic rings. The first-order valence-electron chi connectivity index (χ1n) is 8.50. The van der Waals surface area contributed by atoms with Gasteiger partial charge in [0, 0.05) is 21.2 Å². The average Bonchev–Trinajstić information content (AvgIpc) is 2.60. The maximum Gasteiger partial charge on any atom is 0.240 e. The first kappa shape index (κ1) is 23.7. The molecule has 0 spiro atoms. The molecular formula is C20H22Br2N2OS3. The summed E-state index contributed by atoms with van der Waals surface area (Å²) in [5.74, 6) is -0.0706. The average molecular weight is 562 g/mol. The van der Waals surface area contributed by atoms with Crippen molar-refractivity contribution in [3.63, 3.8) is 0 Å². The first-order chi connectivity index (χ1) is 12.9. The van der Waals surface area contributed by atoms with Crippen LogP contribution in [-0.4, -0.2) is 19.5 Å². The van der Waals surface area contributed by atoms with Crippen LogP contribution in [0.1, 0.15) is 27.7 Å². The van der Waals surface area contributed by atoms with E-state index in [1.807, 2.05) is 64.1 Å². The summed E-state index contributed by atoms with van der Waals surface area (Å²) >= 11 is 12.3. The minimum atomic E-state index is -0.592. The van der Waals surface area contributed by atoms with Crippen LogP contribution in [0.3, 0.4) is 0 Å². The predicted molar refractivity (Wildman–Crippen MR) is 135 cm³/mol. The highest BCUT2D eigenvalue weighted by atomic mass is 79.9. The molecule has 28 heavy (non-hydrogen) atoms. The third kappa shape index (κ3) is 7.71. The van der Waals surface area contributed by atoms with Gasteiger partial charge in [0.05, 0.1) is 13.6 Å². The van der Waals surface area contributed by atoms with Crippen molar-refractivity contribution in [1.29, 1.82) is 0 Å². The van der Waals surface area contributed by atoms with Crippen molar-refractivity contribution in [1.82, 2.24) is 0 Å². The van der Waals surface area contributed by atoms with E-state index in [-0.39, 0.29) is 10.2 Å². The molecule has 0 saturated carbocycles. The van der Waals surface area contributed by atoms with Gasteiger partial charge in [-0.15, -0.1) is 0 Å². The van der Waals surface area contributed by atoms with E-state index in [4.69, 9.17) is 12.2 Å². The molecule has 2 rings (SSSR count). The minimum Gasteiger partial charge on any atom is -0.349 e. The number of rotatable bonds is 7. The summed E-state index contributed by atoms with van der Waals surface area (Å²) < 4.78 is -0.827.